The molecule has 1 aromatic carbocycles. The van der Waals surface area contributed by atoms with E-state index < -0.39 is 0 Å². The SMILES string of the molecule is Cc1ccc(F)c(CN2CCC([C@@H](C)N3CCN(C)CC3)CC2)c1Cl. The van der Waals surface area contributed by atoms with Crippen LogP contribution in [-0.4, -0.2) is 67.1 Å². The lowest BCUT2D eigenvalue weighted by atomic mass is 9.89. The number of rotatable bonds is 4. The summed E-state index contributed by atoms with van der Waals surface area (Å²) in [5, 5.41) is 0.591. The fourth-order valence-corrected chi connectivity index (χ4v) is 4.42. The maximum atomic E-state index is 14.1. The van der Waals surface area contributed by atoms with Crippen LogP contribution in [0.5, 0.6) is 0 Å². The molecule has 0 saturated carbocycles. The molecule has 0 amide bonds. The highest BCUT2D eigenvalue weighted by Crippen LogP contribution is 2.29. The standard InChI is InChI=1S/C20H31ClFN3/c1-15-4-5-19(22)18(20(15)21)14-24-8-6-17(7-9-24)16(2)25-12-10-23(3)11-13-25/h4-5,16-17H,6-14H2,1-3H3/t16-/m1/s1. The number of likely N-dealkylation sites (N-methyl/N-ethyl adjacent to an activating group) is 1. The Bertz CT molecular complexity index is 579. The van der Waals surface area contributed by atoms with E-state index in [0.717, 1.165) is 24.6 Å². The molecule has 5 heteroatoms. The van der Waals surface area contributed by atoms with Gasteiger partial charge in [-0.25, -0.2) is 4.39 Å². The van der Waals surface area contributed by atoms with Crippen molar-refractivity contribution >= 4 is 11.6 Å². The molecule has 2 saturated heterocycles. The van der Waals surface area contributed by atoms with E-state index in [-0.39, 0.29) is 5.82 Å². The molecule has 0 N–H and O–H groups in total. The van der Waals surface area contributed by atoms with Crippen LogP contribution in [0, 0.1) is 18.7 Å². The lowest BCUT2D eigenvalue weighted by Gasteiger charge is -2.42. The lowest BCUT2D eigenvalue weighted by molar-refractivity contribution is 0.0596. The van der Waals surface area contributed by atoms with Crippen LogP contribution in [0.3, 0.4) is 0 Å². The van der Waals surface area contributed by atoms with Crippen molar-refractivity contribution in [2.45, 2.75) is 39.3 Å². The molecule has 0 spiro atoms. The van der Waals surface area contributed by atoms with Crippen molar-refractivity contribution in [3.05, 3.63) is 34.1 Å². The highest BCUT2D eigenvalue weighted by molar-refractivity contribution is 6.32. The largest absolute Gasteiger partial charge is 0.304 e. The van der Waals surface area contributed by atoms with E-state index in [1.54, 1.807) is 12.1 Å². The second kappa shape index (κ2) is 8.34. The summed E-state index contributed by atoms with van der Waals surface area (Å²) < 4.78 is 14.1. The first-order valence-corrected chi connectivity index (χ1v) is 9.92. The molecule has 0 bridgehead atoms. The van der Waals surface area contributed by atoms with Gasteiger partial charge < -0.3 is 4.90 Å². The van der Waals surface area contributed by atoms with Gasteiger partial charge in [-0.15, -0.1) is 0 Å². The Labute approximate surface area is 156 Å². The van der Waals surface area contributed by atoms with Crippen LogP contribution in [0.1, 0.15) is 30.9 Å². The molecule has 0 radical (unpaired) electrons. The zero-order valence-corrected chi connectivity index (χ0v) is 16.5. The molecule has 1 aromatic rings. The molecular formula is C20H31ClFN3. The lowest BCUT2D eigenvalue weighted by Crippen LogP contribution is -2.51. The molecule has 2 heterocycles. The molecule has 2 aliphatic rings. The number of likely N-dealkylation sites (tertiary alicyclic amines) is 1. The van der Waals surface area contributed by atoms with Gasteiger partial charge in [0.2, 0.25) is 0 Å². The molecule has 140 valence electrons. The minimum Gasteiger partial charge on any atom is -0.304 e. The van der Waals surface area contributed by atoms with Crippen molar-refractivity contribution in [2.75, 3.05) is 46.3 Å². The summed E-state index contributed by atoms with van der Waals surface area (Å²) in [6.07, 6.45) is 2.39. The smallest absolute Gasteiger partial charge is 0.129 e. The van der Waals surface area contributed by atoms with Crippen molar-refractivity contribution in [3.63, 3.8) is 0 Å². The summed E-state index contributed by atoms with van der Waals surface area (Å²) in [5.41, 5.74) is 1.61. The van der Waals surface area contributed by atoms with Crippen molar-refractivity contribution in [3.8, 4) is 0 Å². The van der Waals surface area contributed by atoms with Crippen LogP contribution in [-0.2, 0) is 6.54 Å². The Morgan fingerprint density at radius 2 is 1.76 bits per heavy atom. The highest BCUT2D eigenvalue weighted by atomic mass is 35.5. The number of hydrogen-bond donors (Lipinski definition) is 0. The Hall–Kier alpha value is -0.680. The van der Waals surface area contributed by atoms with Gasteiger partial charge >= 0.3 is 0 Å². The summed E-state index contributed by atoms with van der Waals surface area (Å²) in [6.45, 7) is 11.7. The molecule has 0 aromatic heterocycles. The average molecular weight is 368 g/mol. The zero-order chi connectivity index (χ0) is 18.0. The van der Waals surface area contributed by atoms with Gasteiger partial charge in [0.25, 0.3) is 0 Å². The third-order valence-corrected chi connectivity index (χ3v) is 6.72. The van der Waals surface area contributed by atoms with Crippen LogP contribution >= 0.6 is 11.6 Å². The molecule has 1 atom stereocenters. The van der Waals surface area contributed by atoms with Crippen LogP contribution in [0.2, 0.25) is 5.02 Å². The maximum Gasteiger partial charge on any atom is 0.129 e. The van der Waals surface area contributed by atoms with Crippen LogP contribution in [0.15, 0.2) is 12.1 Å². The second-order valence-corrected chi connectivity index (χ2v) is 8.23. The zero-order valence-electron chi connectivity index (χ0n) is 15.8. The van der Waals surface area contributed by atoms with E-state index in [0.29, 0.717) is 23.2 Å². The molecule has 0 aliphatic carbocycles. The molecule has 2 aliphatic heterocycles. The van der Waals surface area contributed by atoms with Crippen molar-refractivity contribution in [1.82, 2.24) is 14.7 Å². The molecule has 25 heavy (non-hydrogen) atoms. The van der Waals surface area contributed by atoms with Gasteiger partial charge in [-0.05, 0) is 64.4 Å². The number of nitrogens with zero attached hydrogens (tertiary/aromatic N) is 3. The minimum atomic E-state index is -0.177. The predicted molar refractivity (Wildman–Crippen MR) is 103 cm³/mol. The van der Waals surface area contributed by atoms with Gasteiger partial charge in [-0.3, -0.25) is 9.80 Å². The Morgan fingerprint density at radius 3 is 2.40 bits per heavy atom. The van der Waals surface area contributed by atoms with Gasteiger partial charge in [0, 0.05) is 44.3 Å². The number of piperidine rings is 1. The van der Waals surface area contributed by atoms with Gasteiger partial charge in [0.1, 0.15) is 5.82 Å². The summed E-state index contributed by atoms with van der Waals surface area (Å²) in [5.74, 6) is 0.570. The van der Waals surface area contributed by atoms with E-state index in [1.165, 1.54) is 39.0 Å². The Morgan fingerprint density at radius 1 is 1.12 bits per heavy atom. The first-order valence-electron chi connectivity index (χ1n) is 9.54. The van der Waals surface area contributed by atoms with Crippen molar-refractivity contribution < 1.29 is 4.39 Å². The Balaban J connectivity index is 1.53. The molecular weight excluding hydrogens is 337 g/mol. The van der Waals surface area contributed by atoms with E-state index in [1.807, 2.05) is 6.92 Å². The second-order valence-electron chi connectivity index (χ2n) is 7.85. The summed E-state index contributed by atoms with van der Waals surface area (Å²) in [4.78, 5) is 7.42. The van der Waals surface area contributed by atoms with Gasteiger partial charge in [-0.1, -0.05) is 17.7 Å². The third-order valence-electron chi connectivity index (χ3n) is 6.19. The molecule has 2 fully saturated rings. The first-order chi connectivity index (χ1) is 12.0. The highest BCUT2D eigenvalue weighted by Gasteiger charge is 2.29. The quantitative estimate of drug-likeness (QED) is 0.804. The fourth-order valence-electron chi connectivity index (χ4n) is 4.20. The number of piperazine rings is 1. The van der Waals surface area contributed by atoms with Crippen LogP contribution < -0.4 is 0 Å². The van der Waals surface area contributed by atoms with E-state index in [4.69, 9.17) is 11.6 Å². The normalized spacial score (nSPS) is 23.1. The van der Waals surface area contributed by atoms with E-state index >= 15 is 0 Å². The summed E-state index contributed by atoms with van der Waals surface area (Å²) >= 11 is 6.33. The molecule has 3 rings (SSSR count). The monoisotopic (exact) mass is 367 g/mol. The van der Waals surface area contributed by atoms with Crippen molar-refractivity contribution in [1.29, 1.82) is 0 Å². The summed E-state index contributed by atoms with van der Waals surface area (Å²) in [7, 11) is 2.20. The summed E-state index contributed by atoms with van der Waals surface area (Å²) in [6, 6.07) is 3.94. The Kier molecular flexibility index (Phi) is 6.37. The average Bonchev–Trinajstić information content (AvgIpc) is 2.62. The third kappa shape index (κ3) is 4.54. The van der Waals surface area contributed by atoms with Gasteiger partial charge in [0.05, 0.1) is 5.02 Å². The number of aryl methyl sites for hydroxylation is 1. The van der Waals surface area contributed by atoms with Crippen LogP contribution in [0.4, 0.5) is 4.39 Å². The number of hydrogen-bond acceptors (Lipinski definition) is 3. The predicted octanol–water partition coefficient (Wildman–Crippen LogP) is 3.64. The van der Waals surface area contributed by atoms with Crippen molar-refractivity contribution in [2.24, 2.45) is 5.92 Å². The van der Waals surface area contributed by atoms with Gasteiger partial charge in [-0.2, -0.15) is 0 Å². The number of halogens is 2. The fraction of sp³-hybridized carbons (Fsp3) is 0.700. The maximum absolute atomic E-state index is 14.1. The molecule has 0 unspecified atom stereocenters. The topological polar surface area (TPSA) is 9.72 Å². The van der Waals surface area contributed by atoms with E-state index in [9.17, 15) is 4.39 Å². The molecule has 3 nitrogen and oxygen atoms in total. The van der Waals surface area contributed by atoms with Gasteiger partial charge in [0.15, 0.2) is 0 Å². The number of benzene rings is 1. The van der Waals surface area contributed by atoms with Crippen LogP contribution in [0.25, 0.3) is 0 Å². The first kappa shape index (κ1) is 19.1. The minimum absolute atomic E-state index is 0.177. The van der Waals surface area contributed by atoms with E-state index in [2.05, 4.69) is 28.7 Å².